The number of hydrogen-bond acceptors (Lipinski definition) is 3. The van der Waals surface area contributed by atoms with Gasteiger partial charge in [-0.25, -0.2) is 0 Å². The lowest BCUT2D eigenvalue weighted by atomic mass is 10.4. The van der Waals surface area contributed by atoms with Crippen LogP contribution in [0.1, 0.15) is 6.92 Å². The number of anilines is 1. The van der Waals surface area contributed by atoms with Crippen LogP contribution in [-0.4, -0.2) is 24.0 Å². The second kappa shape index (κ2) is 5.44. The fourth-order valence-electron chi connectivity index (χ4n) is 0.951. The van der Waals surface area contributed by atoms with Gasteiger partial charge in [-0.15, -0.1) is 0 Å². The number of nitrogens with zero attached hydrogens (tertiary/aromatic N) is 1. The summed E-state index contributed by atoms with van der Waals surface area (Å²) in [6, 6.07) is 1.72. The average molecular weight is 214 g/mol. The zero-order valence-electron chi connectivity index (χ0n) is 7.88. The molecule has 14 heavy (non-hydrogen) atoms. The van der Waals surface area contributed by atoms with E-state index in [1.54, 1.807) is 18.5 Å². The van der Waals surface area contributed by atoms with Gasteiger partial charge in [0, 0.05) is 12.7 Å². The van der Waals surface area contributed by atoms with E-state index in [4.69, 9.17) is 11.6 Å². The zero-order chi connectivity index (χ0) is 10.4. The van der Waals surface area contributed by atoms with Crippen molar-refractivity contribution in [2.45, 2.75) is 6.92 Å². The van der Waals surface area contributed by atoms with E-state index in [-0.39, 0.29) is 12.5 Å². The van der Waals surface area contributed by atoms with Crippen LogP contribution in [0.15, 0.2) is 18.5 Å². The van der Waals surface area contributed by atoms with Crippen LogP contribution in [0.3, 0.4) is 0 Å². The first-order valence-electron chi connectivity index (χ1n) is 4.33. The van der Waals surface area contributed by atoms with Crippen LogP contribution in [-0.2, 0) is 4.79 Å². The largest absolute Gasteiger partial charge is 0.375 e. The lowest BCUT2D eigenvalue weighted by Crippen LogP contribution is -2.29. The SMILES string of the molecule is CCNC(=O)CNc1cncc(Cl)c1. The van der Waals surface area contributed by atoms with Crippen molar-refractivity contribution in [3.63, 3.8) is 0 Å². The van der Waals surface area contributed by atoms with Crippen molar-refractivity contribution in [2.75, 3.05) is 18.4 Å². The molecular weight excluding hydrogens is 202 g/mol. The molecule has 0 aliphatic rings. The second-order valence-corrected chi connectivity index (χ2v) is 3.14. The van der Waals surface area contributed by atoms with Gasteiger partial charge in [-0.2, -0.15) is 0 Å². The van der Waals surface area contributed by atoms with Gasteiger partial charge in [0.1, 0.15) is 0 Å². The van der Waals surface area contributed by atoms with Crippen molar-refractivity contribution in [3.8, 4) is 0 Å². The van der Waals surface area contributed by atoms with Crippen molar-refractivity contribution in [2.24, 2.45) is 0 Å². The van der Waals surface area contributed by atoms with E-state index in [9.17, 15) is 4.79 Å². The van der Waals surface area contributed by atoms with Gasteiger partial charge >= 0.3 is 0 Å². The monoisotopic (exact) mass is 213 g/mol. The number of rotatable bonds is 4. The molecule has 0 saturated heterocycles. The molecule has 0 bridgehead atoms. The Kier molecular flexibility index (Phi) is 4.19. The van der Waals surface area contributed by atoms with Crippen LogP contribution in [0.2, 0.25) is 5.02 Å². The predicted molar refractivity (Wildman–Crippen MR) is 56.4 cm³/mol. The summed E-state index contributed by atoms with van der Waals surface area (Å²) in [5, 5.41) is 6.13. The summed E-state index contributed by atoms with van der Waals surface area (Å²) < 4.78 is 0. The molecular formula is C9H12ClN3O. The second-order valence-electron chi connectivity index (χ2n) is 2.70. The maximum Gasteiger partial charge on any atom is 0.239 e. The molecule has 0 aromatic carbocycles. The van der Waals surface area contributed by atoms with E-state index in [0.717, 1.165) is 5.69 Å². The molecule has 5 heteroatoms. The first kappa shape index (κ1) is 10.8. The first-order chi connectivity index (χ1) is 6.72. The summed E-state index contributed by atoms with van der Waals surface area (Å²) >= 11 is 5.72. The minimum atomic E-state index is -0.0486. The van der Waals surface area contributed by atoms with Crippen LogP contribution >= 0.6 is 11.6 Å². The van der Waals surface area contributed by atoms with E-state index >= 15 is 0 Å². The maximum absolute atomic E-state index is 11.1. The van der Waals surface area contributed by atoms with Crippen LogP contribution in [0.5, 0.6) is 0 Å². The summed E-state index contributed by atoms with van der Waals surface area (Å²) in [4.78, 5) is 15.0. The molecule has 0 aliphatic heterocycles. The van der Waals surface area contributed by atoms with Crippen LogP contribution in [0.4, 0.5) is 5.69 Å². The summed E-state index contributed by atoms with van der Waals surface area (Å²) in [5.41, 5.74) is 0.740. The third-order valence-corrected chi connectivity index (χ3v) is 1.74. The minimum Gasteiger partial charge on any atom is -0.375 e. The van der Waals surface area contributed by atoms with Crippen molar-refractivity contribution in [1.82, 2.24) is 10.3 Å². The van der Waals surface area contributed by atoms with E-state index in [1.165, 1.54) is 0 Å². The molecule has 0 radical (unpaired) electrons. The van der Waals surface area contributed by atoms with Crippen LogP contribution in [0, 0.1) is 0 Å². The predicted octanol–water partition coefficient (Wildman–Crippen LogP) is 1.28. The highest BCUT2D eigenvalue weighted by atomic mass is 35.5. The first-order valence-corrected chi connectivity index (χ1v) is 4.71. The topological polar surface area (TPSA) is 54.0 Å². The number of pyridine rings is 1. The Morgan fingerprint density at radius 1 is 1.57 bits per heavy atom. The molecule has 4 nitrogen and oxygen atoms in total. The molecule has 0 spiro atoms. The number of hydrogen-bond donors (Lipinski definition) is 2. The third-order valence-electron chi connectivity index (χ3n) is 1.53. The third kappa shape index (κ3) is 3.62. The van der Waals surface area contributed by atoms with Crippen molar-refractivity contribution >= 4 is 23.2 Å². The van der Waals surface area contributed by atoms with Gasteiger partial charge in [-0.1, -0.05) is 11.6 Å². The van der Waals surface area contributed by atoms with E-state index in [2.05, 4.69) is 15.6 Å². The molecule has 0 saturated carbocycles. The average Bonchev–Trinajstić information content (AvgIpc) is 2.15. The maximum atomic E-state index is 11.1. The van der Waals surface area contributed by atoms with E-state index in [0.29, 0.717) is 11.6 Å². The molecule has 2 N–H and O–H groups in total. The lowest BCUT2D eigenvalue weighted by molar-refractivity contribution is -0.119. The number of carbonyl (C=O) groups excluding carboxylic acids is 1. The summed E-state index contributed by atoms with van der Waals surface area (Å²) in [5.74, 6) is -0.0486. The quantitative estimate of drug-likeness (QED) is 0.793. The normalized spacial score (nSPS) is 9.57. The van der Waals surface area contributed by atoms with E-state index < -0.39 is 0 Å². The summed E-state index contributed by atoms with van der Waals surface area (Å²) in [7, 11) is 0. The van der Waals surface area contributed by atoms with Gasteiger partial charge in [0.05, 0.1) is 23.5 Å². The standard InChI is InChI=1S/C9H12ClN3O/c1-2-12-9(14)6-13-8-3-7(10)4-11-5-8/h3-5,13H,2,6H2,1H3,(H,12,14). The molecule has 0 atom stereocenters. The highest BCUT2D eigenvalue weighted by molar-refractivity contribution is 6.30. The smallest absolute Gasteiger partial charge is 0.239 e. The minimum absolute atomic E-state index is 0.0486. The fraction of sp³-hybridized carbons (Fsp3) is 0.333. The number of halogens is 1. The highest BCUT2D eigenvalue weighted by Crippen LogP contribution is 2.11. The Labute approximate surface area is 87.7 Å². The summed E-state index contributed by atoms with van der Waals surface area (Å²) in [6.45, 7) is 2.74. The molecule has 1 rings (SSSR count). The van der Waals surface area contributed by atoms with Gasteiger partial charge in [0.25, 0.3) is 0 Å². The van der Waals surface area contributed by atoms with Gasteiger partial charge in [0.15, 0.2) is 0 Å². The van der Waals surface area contributed by atoms with Gasteiger partial charge < -0.3 is 10.6 Å². The van der Waals surface area contributed by atoms with Gasteiger partial charge in [-0.3, -0.25) is 9.78 Å². The molecule has 0 unspecified atom stereocenters. The molecule has 1 aromatic rings. The Balaban J connectivity index is 2.41. The number of nitrogens with one attached hydrogen (secondary N) is 2. The van der Waals surface area contributed by atoms with Gasteiger partial charge in [-0.05, 0) is 13.0 Å². The Bertz CT molecular complexity index is 317. The van der Waals surface area contributed by atoms with Crippen LogP contribution in [0.25, 0.3) is 0 Å². The molecule has 1 amide bonds. The van der Waals surface area contributed by atoms with Crippen molar-refractivity contribution < 1.29 is 4.79 Å². The van der Waals surface area contributed by atoms with E-state index in [1.807, 2.05) is 6.92 Å². The lowest BCUT2D eigenvalue weighted by Gasteiger charge is -2.05. The Morgan fingerprint density at radius 3 is 3.00 bits per heavy atom. The molecule has 0 aliphatic carbocycles. The Morgan fingerprint density at radius 2 is 2.36 bits per heavy atom. The number of carbonyl (C=O) groups is 1. The Hall–Kier alpha value is -1.29. The van der Waals surface area contributed by atoms with Gasteiger partial charge in [0.2, 0.25) is 5.91 Å². The molecule has 1 heterocycles. The molecule has 1 aromatic heterocycles. The summed E-state index contributed by atoms with van der Waals surface area (Å²) in [6.07, 6.45) is 3.16. The number of amides is 1. The number of aromatic nitrogens is 1. The fourth-order valence-corrected chi connectivity index (χ4v) is 1.12. The molecule has 76 valence electrons. The zero-order valence-corrected chi connectivity index (χ0v) is 8.64. The number of likely N-dealkylation sites (N-methyl/N-ethyl adjacent to an activating group) is 1. The molecule has 0 fully saturated rings. The van der Waals surface area contributed by atoms with Crippen molar-refractivity contribution in [1.29, 1.82) is 0 Å². The van der Waals surface area contributed by atoms with Crippen LogP contribution < -0.4 is 10.6 Å². The van der Waals surface area contributed by atoms with Crippen molar-refractivity contribution in [3.05, 3.63) is 23.5 Å². The highest BCUT2D eigenvalue weighted by Gasteiger charge is 1.99.